The molecule has 3 nitrogen and oxygen atoms in total. The van der Waals surface area contributed by atoms with E-state index in [0.717, 1.165) is 18.2 Å². The van der Waals surface area contributed by atoms with Gasteiger partial charge in [-0.05, 0) is 18.2 Å². The second kappa shape index (κ2) is 5.96. The third-order valence-electron chi connectivity index (χ3n) is 2.25. The van der Waals surface area contributed by atoms with Crippen molar-refractivity contribution in [3.63, 3.8) is 0 Å². The molecule has 0 atom stereocenters. The predicted octanol–water partition coefficient (Wildman–Crippen LogP) is 4.04. The fraction of sp³-hybridized carbons (Fsp3) is 0.0833. The number of nitrogen functional groups attached to an aromatic ring is 1. The van der Waals surface area contributed by atoms with E-state index in [9.17, 15) is 17.6 Å². The van der Waals surface area contributed by atoms with E-state index in [4.69, 9.17) is 10.5 Å². The molecule has 2 aromatic rings. The first kappa shape index (κ1) is 16.0. The Labute approximate surface area is 117 Å². The number of ether oxygens (including phenoxy) is 1. The van der Waals surface area contributed by atoms with E-state index in [2.05, 4.69) is 4.98 Å². The first-order valence-corrected chi connectivity index (χ1v) is 5.12. The Hall–Kier alpha value is -2.02. The van der Waals surface area contributed by atoms with Crippen molar-refractivity contribution >= 4 is 18.1 Å². The van der Waals surface area contributed by atoms with E-state index in [1.807, 2.05) is 0 Å². The van der Waals surface area contributed by atoms with Gasteiger partial charge in [0.2, 0.25) is 5.88 Å². The zero-order chi connectivity index (χ0) is 14.0. The van der Waals surface area contributed by atoms with Gasteiger partial charge in [-0.1, -0.05) is 0 Å². The van der Waals surface area contributed by atoms with Crippen molar-refractivity contribution in [1.29, 1.82) is 0 Å². The number of aromatic nitrogens is 1. The maximum absolute atomic E-state index is 12.9. The molecule has 2 N–H and O–H groups in total. The number of nitrogens with zero attached hydrogens (tertiary/aromatic N) is 1. The molecule has 1 aromatic carbocycles. The monoisotopic (exact) mass is 308 g/mol. The summed E-state index contributed by atoms with van der Waals surface area (Å²) in [5.74, 6) is -0.460. The van der Waals surface area contributed by atoms with Gasteiger partial charge < -0.3 is 10.5 Å². The van der Waals surface area contributed by atoms with Gasteiger partial charge >= 0.3 is 6.18 Å². The van der Waals surface area contributed by atoms with Crippen LogP contribution >= 0.6 is 12.4 Å². The number of benzene rings is 1. The van der Waals surface area contributed by atoms with Gasteiger partial charge in [0.05, 0.1) is 11.3 Å². The van der Waals surface area contributed by atoms with Crippen LogP contribution in [0.3, 0.4) is 0 Å². The third-order valence-corrected chi connectivity index (χ3v) is 2.25. The number of anilines is 1. The van der Waals surface area contributed by atoms with Gasteiger partial charge in [0.25, 0.3) is 0 Å². The molecule has 0 aliphatic carbocycles. The second-order valence-electron chi connectivity index (χ2n) is 3.67. The maximum Gasteiger partial charge on any atom is 0.417 e. The number of pyridine rings is 1. The molecule has 0 bridgehead atoms. The maximum atomic E-state index is 12.9. The molecule has 108 valence electrons. The summed E-state index contributed by atoms with van der Waals surface area (Å²) in [6.45, 7) is 0. The highest BCUT2D eigenvalue weighted by molar-refractivity contribution is 5.85. The Bertz CT molecular complexity index is 587. The molecule has 20 heavy (non-hydrogen) atoms. The van der Waals surface area contributed by atoms with Crippen molar-refractivity contribution in [3.05, 3.63) is 47.9 Å². The Morgan fingerprint density at radius 3 is 2.30 bits per heavy atom. The van der Waals surface area contributed by atoms with E-state index in [1.165, 1.54) is 12.1 Å². The number of halogens is 5. The molecule has 0 unspecified atom stereocenters. The predicted molar refractivity (Wildman–Crippen MR) is 67.4 cm³/mol. The molecule has 1 aromatic heterocycles. The molecular weight excluding hydrogens is 300 g/mol. The Balaban J connectivity index is 0.00000200. The molecule has 0 spiro atoms. The van der Waals surface area contributed by atoms with Crippen molar-refractivity contribution in [2.45, 2.75) is 6.18 Å². The minimum atomic E-state index is -4.45. The number of hydrogen-bond acceptors (Lipinski definition) is 3. The van der Waals surface area contributed by atoms with Gasteiger partial charge in [0, 0.05) is 18.3 Å². The van der Waals surface area contributed by atoms with Crippen LogP contribution in [0.1, 0.15) is 5.56 Å². The van der Waals surface area contributed by atoms with Crippen molar-refractivity contribution in [2.75, 3.05) is 5.73 Å². The summed E-state index contributed by atoms with van der Waals surface area (Å²) in [5.41, 5.74) is 4.33. The normalized spacial score (nSPS) is 10.8. The lowest BCUT2D eigenvalue weighted by Gasteiger charge is -2.08. The molecule has 8 heteroatoms. The van der Waals surface area contributed by atoms with E-state index >= 15 is 0 Å². The van der Waals surface area contributed by atoms with Crippen LogP contribution in [0.15, 0.2) is 36.5 Å². The smallest absolute Gasteiger partial charge is 0.417 e. The standard InChI is InChI=1S/C12H8F4N2O.ClH/c13-9-3-2-8(5-10(9)17)19-11-4-1-7(6-18-11)12(14,15)16;/h1-6H,17H2;1H. The minimum absolute atomic E-state index is 0. The summed E-state index contributed by atoms with van der Waals surface area (Å²) in [4.78, 5) is 3.52. The second-order valence-corrected chi connectivity index (χ2v) is 3.67. The van der Waals surface area contributed by atoms with E-state index < -0.39 is 17.6 Å². The first-order chi connectivity index (χ1) is 8.86. The van der Waals surface area contributed by atoms with Crippen molar-refractivity contribution in [2.24, 2.45) is 0 Å². The number of hydrogen-bond donors (Lipinski definition) is 1. The summed E-state index contributed by atoms with van der Waals surface area (Å²) in [6, 6.07) is 5.52. The third kappa shape index (κ3) is 3.74. The van der Waals surface area contributed by atoms with Crippen LogP contribution in [0.25, 0.3) is 0 Å². The number of alkyl halides is 3. The van der Waals surface area contributed by atoms with Crippen LogP contribution in [-0.4, -0.2) is 4.98 Å². The molecule has 0 saturated carbocycles. The van der Waals surface area contributed by atoms with Gasteiger partial charge in [-0.2, -0.15) is 13.2 Å². The summed E-state index contributed by atoms with van der Waals surface area (Å²) >= 11 is 0. The minimum Gasteiger partial charge on any atom is -0.439 e. The van der Waals surface area contributed by atoms with Gasteiger partial charge in [0.1, 0.15) is 11.6 Å². The van der Waals surface area contributed by atoms with Gasteiger partial charge in [-0.15, -0.1) is 12.4 Å². The fourth-order valence-corrected chi connectivity index (χ4v) is 1.31. The highest BCUT2D eigenvalue weighted by Gasteiger charge is 2.30. The lowest BCUT2D eigenvalue weighted by molar-refractivity contribution is -0.137. The van der Waals surface area contributed by atoms with Crippen LogP contribution in [0.4, 0.5) is 23.2 Å². The fourth-order valence-electron chi connectivity index (χ4n) is 1.31. The van der Waals surface area contributed by atoms with Crippen LogP contribution in [0.5, 0.6) is 11.6 Å². The highest BCUT2D eigenvalue weighted by Crippen LogP contribution is 2.30. The zero-order valence-electron chi connectivity index (χ0n) is 9.82. The Kier molecular flexibility index (Phi) is 4.78. The number of rotatable bonds is 2. The quantitative estimate of drug-likeness (QED) is 0.673. The molecule has 1 heterocycles. The van der Waals surface area contributed by atoms with Gasteiger partial charge in [-0.25, -0.2) is 9.37 Å². The lowest BCUT2D eigenvalue weighted by atomic mass is 10.3. The highest BCUT2D eigenvalue weighted by atomic mass is 35.5. The molecule has 0 amide bonds. The zero-order valence-corrected chi connectivity index (χ0v) is 10.6. The number of nitrogens with two attached hydrogens (primary N) is 1. The van der Waals surface area contributed by atoms with Crippen LogP contribution < -0.4 is 10.5 Å². The molecule has 0 fully saturated rings. The molecule has 0 aliphatic heterocycles. The van der Waals surface area contributed by atoms with Crippen molar-refractivity contribution in [1.82, 2.24) is 4.98 Å². The summed E-state index contributed by atoms with van der Waals surface area (Å²) in [6.07, 6.45) is -3.80. The molecule has 0 aliphatic rings. The molecule has 0 saturated heterocycles. The van der Waals surface area contributed by atoms with Gasteiger partial charge in [0.15, 0.2) is 0 Å². The Morgan fingerprint density at radius 2 is 1.80 bits per heavy atom. The largest absolute Gasteiger partial charge is 0.439 e. The van der Waals surface area contributed by atoms with E-state index in [-0.39, 0.29) is 29.7 Å². The summed E-state index contributed by atoms with van der Waals surface area (Å²) < 4.78 is 55.0. The first-order valence-electron chi connectivity index (χ1n) is 5.12. The van der Waals surface area contributed by atoms with Crippen LogP contribution in [-0.2, 0) is 6.18 Å². The summed E-state index contributed by atoms with van der Waals surface area (Å²) in [7, 11) is 0. The SMILES string of the molecule is Cl.Nc1cc(Oc2ccc(C(F)(F)F)cn2)ccc1F. The van der Waals surface area contributed by atoms with Gasteiger partial charge in [-0.3, -0.25) is 0 Å². The van der Waals surface area contributed by atoms with Crippen LogP contribution in [0, 0.1) is 5.82 Å². The Morgan fingerprint density at radius 1 is 1.10 bits per heavy atom. The lowest BCUT2D eigenvalue weighted by Crippen LogP contribution is -2.05. The molecule has 0 radical (unpaired) electrons. The molecule has 2 rings (SSSR count). The summed E-state index contributed by atoms with van der Waals surface area (Å²) in [5, 5.41) is 0. The van der Waals surface area contributed by atoms with E-state index in [1.54, 1.807) is 0 Å². The van der Waals surface area contributed by atoms with Crippen molar-refractivity contribution < 1.29 is 22.3 Å². The van der Waals surface area contributed by atoms with Crippen LogP contribution in [0.2, 0.25) is 0 Å². The molecular formula is C12H9ClF4N2O. The average molecular weight is 309 g/mol. The van der Waals surface area contributed by atoms with E-state index in [0.29, 0.717) is 6.20 Å². The topological polar surface area (TPSA) is 48.1 Å². The average Bonchev–Trinajstić information content (AvgIpc) is 2.33. The van der Waals surface area contributed by atoms with Crippen molar-refractivity contribution in [3.8, 4) is 11.6 Å².